The van der Waals surface area contributed by atoms with Crippen molar-refractivity contribution in [1.82, 2.24) is 4.57 Å². The third-order valence-corrected chi connectivity index (χ3v) is 8.25. The second-order valence-corrected chi connectivity index (χ2v) is 10.2. The van der Waals surface area contributed by atoms with Gasteiger partial charge in [-0.15, -0.1) is 0 Å². The second kappa shape index (κ2) is 7.85. The third-order valence-electron chi connectivity index (χ3n) is 7.18. The van der Waals surface area contributed by atoms with Crippen LogP contribution in [0, 0.1) is 34.5 Å². The lowest BCUT2D eigenvalue weighted by Crippen LogP contribution is -2.56. The van der Waals surface area contributed by atoms with E-state index in [0.29, 0.717) is 48.2 Å². The molecule has 1 aromatic carbocycles. The van der Waals surface area contributed by atoms with Crippen LogP contribution in [-0.4, -0.2) is 30.0 Å². The molecule has 2 unspecified atom stereocenters. The van der Waals surface area contributed by atoms with Gasteiger partial charge in [0.1, 0.15) is 5.41 Å². The molecule has 4 aliphatic rings. The summed E-state index contributed by atoms with van der Waals surface area (Å²) in [6, 6.07) is 9.50. The molecule has 4 aliphatic carbocycles. The summed E-state index contributed by atoms with van der Waals surface area (Å²) in [4.78, 5) is 32.7. The van der Waals surface area contributed by atoms with Crippen molar-refractivity contribution in [2.45, 2.75) is 38.6 Å². The molecule has 0 aliphatic heterocycles. The van der Waals surface area contributed by atoms with Crippen LogP contribution in [0.3, 0.4) is 0 Å². The Morgan fingerprint density at radius 3 is 2.61 bits per heavy atom. The summed E-state index contributed by atoms with van der Waals surface area (Å²) in [6.07, 6.45) is 6.40. The Labute approximate surface area is 185 Å². The van der Waals surface area contributed by atoms with Crippen LogP contribution < -0.4 is 4.80 Å². The van der Waals surface area contributed by atoms with Crippen LogP contribution in [0.1, 0.15) is 37.7 Å². The number of carbonyl (C=O) groups is 2. The summed E-state index contributed by atoms with van der Waals surface area (Å²) < 4.78 is 7.17. The van der Waals surface area contributed by atoms with Gasteiger partial charge in [0, 0.05) is 25.8 Å². The van der Waals surface area contributed by atoms with Crippen LogP contribution >= 0.6 is 11.3 Å². The van der Waals surface area contributed by atoms with Crippen molar-refractivity contribution in [3.8, 4) is 16.5 Å². The largest absolute Gasteiger partial charge is 0.383 e. The van der Waals surface area contributed by atoms with E-state index < -0.39 is 5.41 Å². The number of ketones is 1. The van der Waals surface area contributed by atoms with Crippen molar-refractivity contribution in [2.24, 2.45) is 28.2 Å². The Hall–Kier alpha value is -2.56. The highest BCUT2D eigenvalue weighted by Crippen LogP contribution is 2.58. The molecule has 4 saturated carbocycles. The maximum absolute atomic E-state index is 13.5. The van der Waals surface area contributed by atoms with Crippen molar-refractivity contribution in [1.29, 1.82) is 5.26 Å². The molecule has 2 atom stereocenters. The summed E-state index contributed by atoms with van der Waals surface area (Å²) in [6.45, 7) is 1.07. The molecular weight excluding hydrogens is 410 g/mol. The summed E-state index contributed by atoms with van der Waals surface area (Å²) >= 11 is 1.44. The van der Waals surface area contributed by atoms with E-state index >= 15 is 0 Å². The van der Waals surface area contributed by atoms with Gasteiger partial charge in [-0.1, -0.05) is 23.5 Å². The van der Waals surface area contributed by atoms with Gasteiger partial charge in [0.15, 0.2) is 10.6 Å². The zero-order valence-electron chi connectivity index (χ0n) is 17.5. The van der Waals surface area contributed by atoms with Crippen LogP contribution in [0.2, 0.25) is 0 Å². The number of ether oxygens (including phenoxy) is 1. The van der Waals surface area contributed by atoms with Gasteiger partial charge < -0.3 is 9.30 Å². The van der Waals surface area contributed by atoms with Gasteiger partial charge in [0.05, 0.1) is 23.1 Å². The maximum Gasteiger partial charge on any atom is 0.262 e. The fraction of sp³-hybridized carbons (Fsp3) is 0.500. The highest BCUT2D eigenvalue weighted by Gasteiger charge is 2.60. The van der Waals surface area contributed by atoms with E-state index in [1.807, 2.05) is 22.9 Å². The second-order valence-electron chi connectivity index (χ2n) is 9.16. The number of benzene rings is 1. The molecule has 6 nitrogen and oxygen atoms in total. The van der Waals surface area contributed by atoms with E-state index in [2.05, 4.69) is 11.1 Å². The lowest BCUT2D eigenvalue weighted by atomic mass is 9.48. The Morgan fingerprint density at radius 2 is 1.97 bits per heavy atom. The summed E-state index contributed by atoms with van der Waals surface area (Å²) in [5.41, 5.74) is 0.676. The molecule has 4 fully saturated rings. The molecule has 1 amide bonds. The summed E-state index contributed by atoms with van der Waals surface area (Å²) in [5, 5.41) is 9.04. The summed E-state index contributed by atoms with van der Waals surface area (Å²) in [7, 11) is 1.64. The number of thiazole rings is 1. The highest BCUT2D eigenvalue weighted by molar-refractivity contribution is 7.12. The third kappa shape index (κ3) is 3.48. The number of carbonyl (C=O) groups excluding carboxylic acids is 2. The predicted molar refractivity (Wildman–Crippen MR) is 116 cm³/mol. The first-order chi connectivity index (χ1) is 15.0. The molecule has 2 aromatic rings. The molecule has 7 heteroatoms. The van der Waals surface area contributed by atoms with E-state index in [1.54, 1.807) is 19.2 Å². The molecule has 0 N–H and O–H groups in total. The Kier molecular flexibility index (Phi) is 5.15. The van der Waals surface area contributed by atoms with E-state index in [0.717, 1.165) is 29.7 Å². The van der Waals surface area contributed by atoms with Gasteiger partial charge in [-0.05, 0) is 61.6 Å². The topological polar surface area (TPSA) is 84.4 Å². The quantitative estimate of drug-likeness (QED) is 0.672. The molecule has 4 bridgehead atoms. The number of rotatable bonds is 5. The van der Waals surface area contributed by atoms with E-state index in [1.165, 1.54) is 11.3 Å². The van der Waals surface area contributed by atoms with Gasteiger partial charge >= 0.3 is 0 Å². The zero-order chi connectivity index (χ0) is 21.6. The zero-order valence-corrected chi connectivity index (χ0v) is 18.4. The smallest absolute Gasteiger partial charge is 0.262 e. The Balaban J connectivity index is 1.52. The molecule has 0 radical (unpaired) electrons. The van der Waals surface area contributed by atoms with Crippen molar-refractivity contribution < 1.29 is 14.3 Å². The first-order valence-corrected chi connectivity index (χ1v) is 11.7. The molecule has 0 saturated heterocycles. The molecule has 6 rings (SSSR count). The minimum absolute atomic E-state index is 0.0589. The van der Waals surface area contributed by atoms with Gasteiger partial charge in [-0.2, -0.15) is 10.3 Å². The normalized spacial score (nSPS) is 29.4. The number of hydrogen-bond acceptors (Lipinski definition) is 5. The van der Waals surface area contributed by atoms with Crippen LogP contribution in [0.15, 0.2) is 35.5 Å². The van der Waals surface area contributed by atoms with Crippen molar-refractivity contribution in [3.63, 3.8) is 0 Å². The van der Waals surface area contributed by atoms with Crippen molar-refractivity contribution >= 4 is 23.0 Å². The standard InChI is InChI=1S/C24H25N3O3S/c1-30-7-6-27-14-20(18-4-2-15(13-25)3-5-18)31-23(27)26-22(29)24-11-16-8-17(12-24)10-19(9-16)21(24)28/h2-5,14,16-17,19H,6-12H2,1H3. The number of Topliss-reactive ketones (excluding diaryl/α,β-unsaturated/α-hetero) is 1. The average Bonchev–Trinajstić information content (AvgIpc) is 3.17. The number of methoxy groups -OCH3 is 1. The average molecular weight is 436 g/mol. The van der Waals surface area contributed by atoms with Gasteiger partial charge in [0.2, 0.25) is 0 Å². The first kappa shape index (κ1) is 20.3. The van der Waals surface area contributed by atoms with E-state index in [-0.39, 0.29) is 17.6 Å². The number of amides is 1. The molecule has 31 heavy (non-hydrogen) atoms. The maximum atomic E-state index is 13.5. The lowest BCUT2D eigenvalue weighted by Gasteiger charge is -2.53. The van der Waals surface area contributed by atoms with Crippen LogP contribution in [0.25, 0.3) is 10.4 Å². The van der Waals surface area contributed by atoms with Gasteiger partial charge in [-0.25, -0.2) is 0 Å². The van der Waals surface area contributed by atoms with E-state index in [9.17, 15) is 9.59 Å². The van der Waals surface area contributed by atoms with Crippen LogP contribution in [0.4, 0.5) is 0 Å². The van der Waals surface area contributed by atoms with Crippen molar-refractivity contribution in [2.75, 3.05) is 13.7 Å². The SMILES string of the molecule is COCCn1cc(-c2ccc(C#N)cc2)sc1=NC(=O)C12CC3CC(CC(C3)C1=O)C2. The van der Waals surface area contributed by atoms with Crippen LogP contribution in [0.5, 0.6) is 0 Å². The minimum Gasteiger partial charge on any atom is -0.383 e. The minimum atomic E-state index is -0.896. The monoisotopic (exact) mass is 435 g/mol. The number of nitrogens with zero attached hydrogens (tertiary/aromatic N) is 3. The lowest BCUT2D eigenvalue weighted by molar-refractivity contribution is -0.160. The molecule has 160 valence electrons. The van der Waals surface area contributed by atoms with Crippen LogP contribution in [-0.2, 0) is 20.9 Å². The Bertz CT molecular complexity index is 1120. The number of nitriles is 1. The fourth-order valence-electron chi connectivity index (χ4n) is 5.91. The fourth-order valence-corrected chi connectivity index (χ4v) is 6.93. The van der Waals surface area contributed by atoms with Gasteiger partial charge in [0.25, 0.3) is 5.91 Å². The molecular formula is C24H25N3O3S. The Morgan fingerprint density at radius 1 is 1.26 bits per heavy atom. The summed E-state index contributed by atoms with van der Waals surface area (Å²) in [5.74, 6) is 0.931. The van der Waals surface area contributed by atoms with Gasteiger partial charge in [-0.3, -0.25) is 9.59 Å². The number of aromatic nitrogens is 1. The van der Waals surface area contributed by atoms with E-state index in [4.69, 9.17) is 10.00 Å². The highest BCUT2D eigenvalue weighted by atomic mass is 32.1. The number of hydrogen-bond donors (Lipinski definition) is 0. The molecule has 0 spiro atoms. The first-order valence-electron chi connectivity index (χ1n) is 10.9. The molecule has 1 aromatic heterocycles. The molecule has 1 heterocycles. The predicted octanol–water partition coefficient (Wildman–Crippen LogP) is 3.56. The van der Waals surface area contributed by atoms with Crippen molar-refractivity contribution in [3.05, 3.63) is 40.8 Å².